The van der Waals surface area contributed by atoms with E-state index in [1.807, 2.05) is 42.5 Å². The maximum absolute atomic E-state index is 11.4. The minimum atomic E-state index is -3.12. The van der Waals surface area contributed by atoms with Gasteiger partial charge in [0.2, 0.25) is 0 Å². The average Bonchev–Trinajstić information content (AvgIpc) is 2.46. The Bertz CT molecular complexity index is 667. The van der Waals surface area contributed by atoms with Gasteiger partial charge in [-0.05, 0) is 36.4 Å². The number of rotatable bonds is 6. The van der Waals surface area contributed by atoms with Gasteiger partial charge in [0.05, 0.1) is 4.90 Å². The predicted octanol–water partition coefficient (Wildman–Crippen LogP) is 3.68. The zero-order valence-corrected chi connectivity index (χ0v) is 13.7. The fourth-order valence-corrected chi connectivity index (χ4v) is 3.41. The average molecular weight is 321 g/mol. The van der Waals surface area contributed by atoms with Gasteiger partial charge in [-0.25, -0.2) is 8.42 Å². The van der Waals surface area contributed by atoms with Crippen LogP contribution < -0.4 is 5.32 Å². The van der Waals surface area contributed by atoms with Gasteiger partial charge in [-0.2, -0.15) is 0 Å². The lowest BCUT2D eigenvalue weighted by Crippen LogP contribution is -2.12. The van der Waals surface area contributed by atoms with Crippen LogP contribution in [0.5, 0.6) is 0 Å². The van der Waals surface area contributed by atoms with Crippen LogP contribution in [0.15, 0.2) is 64.4 Å². The van der Waals surface area contributed by atoms with Gasteiger partial charge >= 0.3 is 0 Å². The number of anilines is 1. The van der Waals surface area contributed by atoms with Crippen LogP contribution in [-0.4, -0.2) is 26.5 Å². The van der Waals surface area contributed by atoms with E-state index in [1.54, 1.807) is 23.9 Å². The molecule has 0 amide bonds. The molecule has 21 heavy (non-hydrogen) atoms. The molecule has 0 aliphatic carbocycles. The first kappa shape index (κ1) is 15.9. The fourth-order valence-electron chi connectivity index (χ4n) is 1.86. The standard InChI is InChI=1S/C16H19NO2S2/c1-13(12-17-14-6-4-3-5-7-14)20-15-8-10-16(11-9-15)21(2,18)19/h3-11,13,17H,12H2,1-2H3. The first-order valence-corrected chi connectivity index (χ1v) is 9.48. The van der Waals surface area contributed by atoms with Crippen molar-refractivity contribution in [2.24, 2.45) is 0 Å². The largest absolute Gasteiger partial charge is 0.384 e. The molecule has 0 radical (unpaired) electrons. The van der Waals surface area contributed by atoms with Crippen LogP contribution in [0.25, 0.3) is 0 Å². The molecule has 0 aliphatic heterocycles. The van der Waals surface area contributed by atoms with Crippen LogP contribution >= 0.6 is 11.8 Å². The highest BCUT2D eigenvalue weighted by Gasteiger charge is 2.08. The van der Waals surface area contributed by atoms with Crippen molar-refractivity contribution in [3.05, 3.63) is 54.6 Å². The summed E-state index contributed by atoms with van der Waals surface area (Å²) in [5.41, 5.74) is 1.11. The smallest absolute Gasteiger partial charge is 0.175 e. The van der Waals surface area contributed by atoms with Crippen molar-refractivity contribution >= 4 is 27.3 Å². The molecule has 0 saturated heterocycles. The summed E-state index contributed by atoms with van der Waals surface area (Å²) in [6.45, 7) is 2.99. The maximum Gasteiger partial charge on any atom is 0.175 e. The Hall–Kier alpha value is -1.46. The second kappa shape index (κ2) is 7.00. The van der Waals surface area contributed by atoms with E-state index in [0.29, 0.717) is 10.1 Å². The van der Waals surface area contributed by atoms with Gasteiger partial charge in [0.15, 0.2) is 9.84 Å². The highest BCUT2D eigenvalue weighted by atomic mass is 32.2. The van der Waals surface area contributed by atoms with Gasteiger partial charge in [0.25, 0.3) is 0 Å². The second-order valence-electron chi connectivity index (χ2n) is 4.92. The van der Waals surface area contributed by atoms with E-state index >= 15 is 0 Å². The third-order valence-electron chi connectivity index (χ3n) is 2.96. The number of benzene rings is 2. The third kappa shape index (κ3) is 5.10. The molecule has 0 spiro atoms. The molecule has 1 unspecified atom stereocenters. The van der Waals surface area contributed by atoms with Gasteiger partial charge in [-0.1, -0.05) is 25.1 Å². The fraction of sp³-hybridized carbons (Fsp3) is 0.250. The molecule has 0 saturated carbocycles. The summed E-state index contributed by atoms with van der Waals surface area (Å²) in [6.07, 6.45) is 1.22. The normalized spacial score (nSPS) is 12.9. The third-order valence-corrected chi connectivity index (χ3v) is 5.20. The summed E-state index contributed by atoms with van der Waals surface area (Å²) in [7, 11) is -3.12. The van der Waals surface area contributed by atoms with Crippen molar-refractivity contribution in [2.45, 2.75) is 22.0 Å². The Kier molecular flexibility index (Phi) is 5.31. The molecular formula is C16H19NO2S2. The lowest BCUT2D eigenvalue weighted by Gasteiger charge is -2.13. The predicted molar refractivity (Wildman–Crippen MR) is 89.8 cm³/mol. The minimum absolute atomic E-state index is 0.363. The topological polar surface area (TPSA) is 46.2 Å². The number of nitrogens with one attached hydrogen (secondary N) is 1. The monoisotopic (exact) mass is 321 g/mol. The minimum Gasteiger partial charge on any atom is -0.384 e. The maximum atomic E-state index is 11.4. The molecule has 0 fully saturated rings. The summed E-state index contributed by atoms with van der Waals surface area (Å²) in [4.78, 5) is 1.44. The van der Waals surface area contributed by atoms with E-state index in [4.69, 9.17) is 0 Å². The Labute approximate surface area is 130 Å². The van der Waals surface area contributed by atoms with Crippen LogP contribution in [-0.2, 0) is 9.84 Å². The molecule has 0 aromatic heterocycles. The van der Waals surface area contributed by atoms with Crippen molar-refractivity contribution in [3.63, 3.8) is 0 Å². The van der Waals surface area contributed by atoms with Crippen LogP contribution in [0, 0.1) is 0 Å². The molecular weight excluding hydrogens is 302 g/mol. The van der Waals surface area contributed by atoms with Crippen LogP contribution in [0.4, 0.5) is 5.69 Å². The molecule has 1 atom stereocenters. The Balaban J connectivity index is 1.89. The summed E-state index contributed by atoms with van der Waals surface area (Å²) in [6, 6.07) is 17.1. The van der Waals surface area contributed by atoms with Crippen molar-refractivity contribution in [2.75, 3.05) is 18.1 Å². The number of para-hydroxylation sites is 1. The summed E-state index contributed by atoms with van der Waals surface area (Å²) < 4.78 is 22.8. The summed E-state index contributed by atoms with van der Waals surface area (Å²) >= 11 is 1.72. The molecule has 2 aromatic rings. The van der Waals surface area contributed by atoms with Gasteiger partial charge < -0.3 is 5.32 Å². The van der Waals surface area contributed by atoms with Gasteiger partial charge in [-0.3, -0.25) is 0 Å². The number of sulfone groups is 1. The SMILES string of the molecule is CC(CNc1ccccc1)Sc1ccc(S(C)(=O)=O)cc1. The van der Waals surface area contributed by atoms with E-state index in [1.165, 1.54) is 6.26 Å². The first-order valence-electron chi connectivity index (χ1n) is 6.71. The van der Waals surface area contributed by atoms with Crippen LogP contribution in [0.3, 0.4) is 0 Å². The van der Waals surface area contributed by atoms with Crippen LogP contribution in [0.1, 0.15) is 6.92 Å². The van der Waals surface area contributed by atoms with Gasteiger partial charge in [0.1, 0.15) is 0 Å². The number of thioether (sulfide) groups is 1. The highest BCUT2D eigenvalue weighted by molar-refractivity contribution is 8.00. The molecule has 5 heteroatoms. The summed E-state index contributed by atoms with van der Waals surface area (Å²) in [5, 5.41) is 3.77. The molecule has 3 nitrogen and oxygen atoms in total. The van der Waals surface area contributed by atoms with Gasteiger partial charge in [0, 0.05) is 28.6 Å². The lowest BCUT2D eigenvalue weighted by atomic mass is 10.3. The zero-order chi connectivity index (χ0) is 15.3. The van der Waals surface area contributed by atoms with E-state index < -0.39 is 9.84 Å². The number of hydrogen-bond donors (Lipinski definition) is 1. The molecule has 1 N–H and O–H groups in total. The van der Waals surface area contributed by atoms with E-state index in [-0.39, 0.29) is 0 Å². The molecule has 0 aliphatic rings. The van der Waals surface area contributed by atoms with E-state index in [9.17, 15) is 8.42 Å². The molecule has 112 valence electrons. The Morgan fingerprint density at radius 2 is 1.67 bits per heavy atom. The Morgan fingerprint density at radius 3 is 2.24 bits per heavy atom. The highest BCUT2D eigenvalue weighted by Crippen LogP contribution is 2.24. The van der Waals surface area contributed by atoms with Crippen molar-refractivity contribution < 1.29 is 8.42 Å². The molecule has 2 aromatic carbocycles. The second-order valence-corrected chi connectivity index (χ2v) is 8.45. The molecule has 0 heterocycles. The van der Waals surface area contributed by atoms with E-state index in [2.05, 4.69) is 12.2 Å². The molecule has 2 rings (SSSR count). The van der Waals surface area contributed by atoms with E-state index in [0.717, 1.165) is 17.1 Å². The van der Waals surface area contributed by atoms with Gasteiger partial charge in [-0.15, -0.1) is 11.8 Å². The van der Waals surface area contributed by atoms with Crippen molar-refractivity contribution in [1.29, 1.82) is 0 Å². The van der Waals surface area contributed by atoms with Crippen molar-refractivity contribution in [1.82, 2.24) is 0 Å². The van der Waals surface area contributed by atoms with Crippen LogP contribution in [0.2, 0.25) is 0 Å². The Morgan fingerprint density at radius 1 is 1.05 bits per heavy atom. The number of hydrogen-bond acceptors (Lipinski definition) is 4. The quantitative estimate of drug-likeness (QED) is 0.824. The first-order chi connectivity index (χ1) is 9.95. The summed E-state index contributed by atoms with van der Waals surface area (Å²) in [5.74, 6) is 0. The molecule has 0 bridgehead atoms. The van der Waals surface area contributed by atoms with Crippen molar-refractivity contribution in [3.8, 4) is 0 Å². The zero-order valence-electron chi connectivity index (χ0n) is 12.1. The lowest BCUT2D eigenvalue weighted by molar-refractivity contribution is 0.602.